The van der Waals surface area contributed by atoms with Gasteiger partial charge in [0.2, 0.25) is 0 Å². The second-order valence-corrected chi connectivity index (χ2v) is 5.49. The number of carbonyl (C=O) groups is 1. The van der Waals surface area contributed by atoms with Crippen LogP contribution in [0, 0.1) is 18.3 Å². The largest absolute Gasteiger partial charge is 0.381 e. The van der Waals surface area contributed by atoms with Gasteiger partial charge in [0.1, 0.15) is 0 Å². The van der Waals surface area contributed by atoms with E-state index in [1.807, 2.05) is 17.9 Å². The maximum atomic E-state index is 12.5. The molecule has 0 bridgehead atoms. The van der Waals surface area contributed by atoms with E-state index in [1.54, 1.807) is 13.2 Å². The van der Waals surface area contributed by atoms with Crippen molar-refractivity contribution < 1.29 is 9.53 Å². The van der Waals surface area contributed by atoms with Crippen LogP contribution in [-0.2, 0) is 9.53 Å². The van der Waals surface area contributed by atoms with Gasteiger partial charge in [0.25, 0.3) is 5.91 Å². The van der Waals surface area contributed by atoms with Gasteiger partial charge in [0.15, 0.2) is 6.04 Å². The van der Waals surface area contributed by atoms with E-state index in [-0.39, 0.29) is 11.9 Å². The van der Waals surface area contributed by atoms with Crippen LogP contribution in [0.2, 0.25) is 0 Å². The van der Waals surface area contributed by atoms with E-state index in [0.717, 1.165) is 29.9 Å². The molecule has 0 aromatic carbocycles. The molecule has 1 aromatic rings. The number of nitriles is 1. The predicted molar refractivity (Wildman–Crippen MR) is 78.1 cm³/mol. The summed E-state index contributed by atoms with van der Waals surface area (Å²) in [5.41, 5.74) is 2.57. The van der Waals surface area contributed by atoms with Crippen molar-refractivity contribution in [1.29, 1.82) is 5.26 Å². The second-order valence-electron chi connectivity index (χ2n) is 5.49. The number of anilines is 2. The molecule has 0 saturated carbocycles. The minimum Gasteiger partial charge on any atom is -0.381 e. The maximum Gasteiger partial charge on any atom is 0.264 e. The highest BCUT2D eigenvalue weighted by Gasteiger charge is 2.40. The number of amides is 1. The summed E-state index contributed by atoms with van der Waals surface area (Å²) in [6.07, 6.45) is 3.37. The average molecular weight is 286 g/mol. The first-order valence-corrected chi connectivity index (χ1v) is 7.13. The number of ether oxygens (including phenoxy) is 1. The van der Waals surface area contributed by atoms with E-state index >= 15 is 0 Å². The third-order valence-electron chi connectivity index (χ3n) is 4.19. The zero-order valence-electron chi connectivity index (χ0n) is 12.2. The van der Waals surface area contributed by atoms with Crippen molar-refractivity contribution in [1.82, 2.24) is 4.98 Å². The molecule has 0 N–H and O–H groups in total. The monoisotopic (exact) mass is 286 g/mol. The Hall–Kier alpha value is -2.13. The number of hydrogen-bond acceptors (Lipinski definition) is 5. The summed E-state index contributed by atoms with van der Waals surface area (Å²) in [7, 11) is 1.70. The Kier molecular flexibility index (Phi) is 3.52. The molecule has 1 aromatic heterocycles. The number of likely N-dealkylation sites (N-methyl/N-ethyl adjacent to an activating group) is 1. The molecule has 1 atom stereocenters. The number of carbonyl (C=O) groups excluding carboxylic acids is 1. The first kappa shape index (κ1) is 13.8. The fourth-order valence-electron chi connectivity index (χ4n) is 3.05. The quantitative estimate of drug-likeness (QED) is 0.777. The number of nitrogens with zero attached hydrogens (tertiary/aromatic N) is 4. The molecular weight excluding hydrogens is 268 g/mol. The van der Waals surface area contributed by atoms with Gasteiger partial charge in [-0.15, -0.1) is 0 Å². The van der Waals surface area contributed by atoms with Crippen molar-refractivity contribution in [2.24, 2.45) is 0 Å². The summed E-state index contributed by atoms with van der Waals surface area (Å²) >= 11 is 0. The van der Waals surface area contributed by atoms with E-state index in [9.17, 15) is 10.1 Å². The van der Waals surface area contributed by atoms with Gasteiger partial charge < -0.3 is 14.5 Å². The van der Waals surface area contributed by atoms with Crippen molar-refractivity contribution in [3.63, 3.8) is 0 Å². The normalized spacial score (nSPS) is 22.9. The third-order valence-corrected chi connectivity index (χ3v) is 4.19. The standard InChI is InChI=1S/C15H18N4O2/c1-10-7-12-14(9-17-10)18(2)15(20)13(8-16)19(12)11-3-5-21-6-4-11/h7,9,11,13H,3-6H2,1-2H3. The van der Waals surface area contributed by atoms with Crippen LogP contribution in [0.5, 0.6) is 0 Å². The molecule has 6 heteroatoms. The lowest BCUT2D eigenvalue weighted by Crippen LogP contribution is -2.56. The SMILES string of the molecule is Cc1cc2c(cn1)N(C)C(=O)C(C#N)N2C1CCOCC1. The number of rotatable bonds is 1. The van der Waals surface area contributed by atoms with Crippen molar-refractivity contribution in [2.75, 3.05) is 30.1 Å². The van der Waals surface area contributed by atoms with Crippen LogP contribution in [0.1, 0.15) is 18.5 Å². The number of hydrogen-bond donors (Lipinski definition) is 0. The zero-order chi connectivity index (χ0) is 15.0. The average Bonchev–Trinajstić information content (AvgIpc) is 2.51. The van der Waals surface area contributed by atoms with Gasteiger partial charge in [0.05, 0.1) is 23.6 Å². The summed E-state index contributed by atoms with van der Waals surface area (Å²) in [5, 5.41) is 9.49. The van der Waals surface area contributed by atoms with Crippen LogP contribution < -0.4 is 9.80 Å². The topological polar surface area (TPSA) is 69.5 Å². The van der Waals surface area contributed by atoms with Crippen LogP contribution >= 0.6 is 0 Å². The molecule has 1 fully saturated rings. The van der Waals surface area contributed by atoms with Crippen molar-refractivity contribution >= 4 is 17.3 Å². The molecule has 1 saturated heterocycles. The molecule has 0 radical (unpaired) electrons. The van der Waals surface area contributed by atoms with Crippen LogP contribution in [-0.4, -0.2) is 43.2 Å². The van der Waals surface area contributed by atoms with Crippen LogP contribution in [0.25, 0.3) is 0 Å². The van der Waals surface area contributed by atoms with E-state index < -0.39 is 6.04 Å². The number of pyridine rings is 1. The Morgan fingerprint density at radius 1 is 1.38 bits per heavy atom. The molecule has 0 aliphatic carbocycles. The lowest BCUT2D eigenvalue weighted by atomic mass is 10.00. The van der Waals surface area contributed by atoms with Crippen LogP contribution in [0.4, 0.5) is 11.4 Å². The van der Waals surface area contributed by atoms with E-state index in [1.165, 1.54) is 4.90 Å². The smallest absolute Gasteiger partial charge is 0.264 e. The molecular formula is C15H18N4O2. The summed E-state index contributed by atoms with van der Waals surface area (Å²) in [4.78, 5) is 20.2. The van der Waals surface area contributed by atoms with Crippen molar-refractivity contribution in [3.05, 3.63) is 18.0 Å². The van der Waals surface area contributed by atoms with Gasteiger partial charge >= 0.3 is 0 Å². The van der Waals surface area contributed by atoms with Gasteiger partial charge in [0, 0.05) is 32.0 Å². The van der Waals surface area contributed by atoms with Gasteiger partial charge in [-0.1, -0.05) is 0 Å². The fourth-order valence-corrected chi connectivity index (χ4v) is 3.05. The van der Waals surface area contributed by atoms with E-state index in [0.29, 0.717) is 13.2 Å². The second kappa shape index (κ2) is 5.34. The van der Waals surface area contributed by atoms with Gasteiger partial charge in [-0.2, -0.15) is 5.26 Å². The molecule has 6 nitrogen and oxygen atoms in total. The van der Waals surface area contributed by atoms with Crippen molar-refractivity contribution in [2.45, 2.75) is 31.8 Å². The Morgan fingerprint density at radius 3 is 2.76 bits per heavy atom. The number of aromatic nitrogens is 1. The molecule has 0 spiro atoms. The third kappa shape index (κ3) is 2.24. The molecule has 1 amide bonds. The van der Waals surface area contributed by atoms with E-state index in [4.69, 9.17) is 4.74 Å². The molecule has 2 aliphatic heterocycles. The van der Waals surface area contributed by atoms with Crippen molar-refractivity contribution in [3.8, 4) is 6.07 Å². The van der Waals surface area contributed by atoms with Crippen LogP contribution in [0.15, 0.2) is 12.3 Å². The summed E-state index contributed by atoms with van der Waals surface area (Å²) in [5.74, 6) is -0.192. The molecule has 3 rings (SSSR count). The van der Waals surface area contributed by atoms with Gasteiger partial charge in [-0.3, -0.25) is 9.78 Å². The first-order chi connectivity index (χ1) is 10.1. The van der Waals surface area contributed by atoms with Gasteiger partial charge in [-0.25, -0.2) is 0 Å². The molecule has 3 heterocycles. The number of fused-ring (bicyclic) bond motifs is 1. The zero-order valence-corrected chi connectivity index (χ0v) is 12.2. The minimum absolute atomic E-state index is 0.154. The highest BCUT2D eigenvalue weighted by atomic mass is 16.5. The highest BCUT2D eigenvalue weighted by molar-refractivity contribution is 6.06. The fraction of sp³-hybridized carbons (Fsp3) is 0.533. The number of aryl methyl sites for hydroxylation is 1. The predicted octanol–water partition coefficient (Wildman–Crippen LogP) is 1.24. The molecule has 21 heavy (non-hydrogen) atoms. The van der Waals surface area contributed by atoms with Crippen LogP contribution in [0.3, 0.4) is 0 Å². The Bertz CT molecular complexity index is 604. The van der Waals surface area contributed by atoms with E-state index in [2.05, 4.69) is 11.1 Å². The van der Waals surface area contributed by atoms with Gasteiger partial charge in [-0.05, 0) is 25.8 Å². The Balaban J connectivity index is 2.10. The lowest BCUT2D eigenvalue weighted by molar-refractivity contribution is -0.119. The maximum absolute atomic E-state index is 12.5. The first-order valence-electron chi connectivity index (χ1n) is 7.13. The molecule has 110 valence electrons. The summed E-state index contributed by atoms with van der Waals surface area (Å²) in [6, 6.07) is 3.51. The summed E-state index contributed by atoms with van der Waals surface area (Å²) < 4.78 is 5.40. The highest BCUT2D eigenvalue weighted by Crippen LogP contribution is 2.38. The Morgan fingerprint density at radius 2 is 2.10 bits per heavy atom. The Labute approximate surface area is 123 Å². The lowest BCUT2D eigenvalue weighted by Gasteiger charge is -2.44. The molecule has 2 aliphatic rings. The minimum atomic E-state index is -0.771. The molecule has 1 unspecified atom stereocenters. The summed E-state index contributed by atoms with van der Waals surface area (Å²) in [6.45, 7) is 3.26.